The fourth-order valence-corrected chi connectivity index (χ4v) is 3.72. The molecule has 1 aromatic rings. The zero-order valence-corrected chi connectivity index (χ0v) is 14.8. The number of carbonyl (C=O) groups excluding carboxylic acids is 1. The van der Waals surface area contributed by atoms with Gasteiger partial charge in [-0.1, -0.05) is 0 Å². The summed E-state index contributed by atoms with van der Waals surface area (Å²) in [5.41, 5.74) is 0.348. The molecule has 2 aliphatic heterocycles. The van der Waals surface area contributed by atoms with Crippen LogP contribution in [0, 0.1) is 0 Å². The fraction of sp³-hybridized carbons (Fsp3) is 0.562. The van der Waals surface area contributed by atoms with Crippen LogP contribution < -0.4 is 14.8 Å². The Balaban J connectivity index is 1.53. The molecule has 8 nitrogen and oxygen atoms in total. The number of fused-ring (bicyclic) bond motifs is 1. The number of anilines is 1. The minimum absolute atomic E-state index is 0.0591. The van der Waals surface area contributed by atoms with E-state index in [4.69, 9.17) is 14.2 Å². The van der Waals surface area contributed by atoms with Crippen molar-refractivity contribution < 1.29 is 27.4 Å². The van der Waals surface area contributed by atoms with Crippen molar-refractivity contribution in [3.63, 3.8) is 0 Å². The standard InChI is InChI=1S/C16H22N2O6S/c1-11-16(19)18-14-9-13(4-5-15(14)24-11)25(20,21)17-6-8-22-10-12-3-2-7-23-12/h4-5,9,11-12,17H,2-3,6-8,10H2,1H3,(H,18,19)/t11-,12-/m0/s1. The molecule has 1 aromatic carbocycles. The third kappa shape index (κ3) is 4.49. The van der Waals surface area contributed by atoms with Gasteiger partial charge < -0.3 is 19.5 Å². The lowest BCUT2D eigenvalue weighted by Crippen LogP contribution is -2.34. The van der Waals surface area contributed by atoms with Crippen molar-refractivity contribution >= 4 is 21.6 Å². The molecule has 0 saturated carbocycles. The molecule has 0 aromatic heterocycles. The fourth-order valence-electron chi connectivity index (χ4n) is 2.68. The van der Waals surface area contributed by atoms with Gasteiger partial charge in [0.15, 0.2) is 6.10 Å². The van der Waals surface area contributed by atoms with E-state index in [1.807, 2.05) is 0 Å². The largest absolute Gasteiger partial charge is 0.479 e. The predicted octanol–water partition coefficient (Wildman–Crippen LogP) is 0.880. The van der Waals surface area contributed by atoms with Crippen molar-refractivity contribution in [2.75, 3.05) is 31.7 Å². The van der Waals surface area contributed by atoms with E-state index in [1.165, 1.54) is 18.2 Å². The third-order valence-electron chi connectivity index (χ3n) is 4.06. The molecule has 9 heteroatoms. The molecule has 1 fully saturated rings. The van der Waals surface area contributed by atoms with Crippen LogP contribution >= 0.6 is 0 Å². The molecule has 0 aliphatic carbocycles. The predicted molar refractivity (Wildman–Crippen MR) is 90.1 cm³/mol. The van der Waals surface area contributed by atoms with E-state index in [0.29, 0.717) is 18.0 Å². The van der Waals surface area contributed by atoms with Gasteiger partial charge in [-0.05, 0) is 38.0 Å². The molecule has 0 bridgehead atoms. The molecule has 3 rings (SSSR count). The van der Waals surface area contributed by atoms with E-state index in [9.17, 15) is 13.2 Å². The molecule has 2 N–H and O–H groups in total. The van der Waals surface area contributed by atoms with E-state index in [1.54, 1.807) is 6.92 Å². The van der Waals surface area contributed by atoms with Crippen LogP contribution in [0.4, 0.5) is 5.69 Å². The summed E-state index contributed by atoms with van der Waals surface area (Å²) in [5.74, 6) is 0.142. The minimum Gasteiger partial charge on any atom is -0.479 e. The van der Waals surface area contributed by atoms with E-state index >= 15 is 0 Å². The lowest BCUT2D eigenvalue weighted by molar-refractivity contribution is -0.122. The number of benzene rings is 1. The first-order valence-corrected chi connectivity index (χ1v) is 9.74. The second kappa shape index (κ2) is 7.69. The summed E-state index contributed by atoms with van der Waals surface area (Å²) in [6.07, 6.45) is 1.53. The number of ether oxygens (including phenoxy) is 3. The Bertz CT molecular complexity index is 730. The Morgan fingerprint density at radius 1 is 1.40 bits per heavy atom. The monoisotopic (exact) mass is 370 g/mol. The molecule has 1 saturated heterocycles. The number of amides is 1. The molecule has 0 radical (unpaired) electrons. The first-order valence-electron chi connectivity index (χ1n) is 8.26. The number of sulfonamides is 1. The molecule has 2 heterocycles. The number of carbonyl (C=O) groups is 1. The Hall–Kier alpha value is -1.68. The molecule has 25 heavy (non-hydrogen) atoms. The summed E-state index contributed by atoms with van der Waals surface area (Å²) in [5, 5.41) is 2.64. The average molecular weight is 370 g/mol. The second-order valence-electron chi connectivity index (χ2n) is 6.02. The van der Waals surface area contributed by atoms with Crippen LogP contribution in [0.3, 0.4) is 0 Å². The van der Waals surface area contributed by atoms with Gasteiger partial charge in [0.1, 0.15) is 5.75 Å². The zero-order chi connectivity index (χ0) is 17.9. The average Bonchev–Trinajstić information content (AvgIpc) is 3.08. The van der Waals surface area contributed by atoms with E-state index in [0.717, 1.165) is 19.4 Å². The summed E-state index contributed by atoms with van der Waals surface area (Å²) >= 11 is 0. The highest BCUT2D eigenvalue weighted by Crippen LogP contribution is 2.31. The Labute approximate surface area is 146 Å². The van der Waals surface area contributed by atoms with Gasteiger partial charge in [0.25, 0.3) is 5.91 Å². The van der Waals surface area contributed by atoms with Gasteiger partial charge in [-0.25, -0.2) is 13.1 Å². The van der Waals surface area contributed by atoms with E-state index in [-0.39, 0.29) is 30.1 Å². The maximum Gasteiger partial charge on any atom is 0.265 e. The van der Waals surface area contributed by atoms with Crippen molar-refractivity contribution in [1.82, 2.24) is 4.72 Å². The van der Waals surface area contributed by atoms with Crippen molar-refractivity contribution in [2.45, 2.75) is 36.9 Å². The van der Waals surface area contributed by atoms with Crippen LogP contribution in [0.5, 0.6) is 5.75 Å². The molecule has 0 unspecified atom stereocenters. The quantitative estimate of drug-likeness (QED) is 0.691. The first kappa shape index (κ1) is 18.1. The minimum atomic E-state index is -3.69. The third-order valence-corrected chi connectivity index (χ3v) is 5.52. The maximum atomic E-state index is 12.3. The summed E-state index contributed by atoms with van der Waals surface area (Å²) in [7, 11) is -3.69. The molecular weight excluding hydrogens is 348 g/mol. The second-order valence-corrected chi connectivity index (χ2v) is 7.78. The molecular formula is C16H22N2O6S. The Kier molecular flexibility index (Phi) is 5.57. The Morgan fingerprint density at radius 3 is 3.00 bits per heavy atom. The summed E-state index contributed by atoms with van der Waals surface area (Å²) < 4.78 is 43.4. The van der Waals surface area contributed by atoms with Gasteiger partial charge in [0.05, 0.1) is 29.9 Å². The van der Waals surface area contributed by atoms with Gasteiger partial charge in [-0.3, -0.25) is 4.79 Å². The number of nitrogens with one attached hydrogen (secondary N) is 2. The van der Waals surface area contributed by atoms with Crippen LogP contribution in [0.1, 0.15) is 19.8 Å². The first-order chi connectivity index (χ1) is 12.0. The summed E-state index contributed by atoms with van der Waals surface area (Å²) in [4.78, 5) is 11.7. The molecule has 1 amide bonds. The highest BCUT2D eigenvalue weighted by atomic mass is 32.2. The maximum absolute atomic E-state index is 12.3. The smallest absolute Gasteiger partial charge is 0.265 e. The van der Waals surface area contributed by atoms with Crippen molar-refractivity contribution in [2.24, 2.45) is 0 Å². The zero-order valence-electron chi connectivity index (χ0n) is 14.0. The van der Waals surface area contributed by atoms with Gasteiger partial charge in [-0.15, -0.1) is 0 Å². The van der Waals surface area contributed by atoms with Crippen LogP contribution in [0.2, 0.25) is 0 Å². The van der Waals surface area contributed by atoms with Gasteiger partial charge >= 0.3 is 0 Å². The molecule has 2 atom stereocenters. The molecule has 138 valence electrons. The Morgan fingerprint density at radius 2 is 2.24 bits per heavy atom. The molecule has 2 aliphatic rings. The van der Waals surface area contributed by atoms with Crippen LogP contribution in [0.15, 0.2) is 23.1 Å². The van der Waals surface area contributed by atoms with Gasteiger partial charge in [0, 0.05) is 13.2 Å². The lowest BCUT2D eigenvalue weighted by Gasteiger charge is -2.23. The van der Waals surface area contributed by atoms with Gasteiger partial charge in [-0.2, -0.15) is 0 Å². The number of hydrogen-bond acceptors (Lipinski definition) is 6. The SMILES string of the molecule is C[C@@H]1Oc2ccc(S(=O)(=O)NCCOC[C@@H]3CCCO3)cc2NC1=O. The highest BCUT2D eigenvalue weighted by molar-refractivity contribution is 7.89. The normalized spacial score (nSPS) is 23.0. The van der Waals surface area contributed by atoms with E-state index < -0.39 is 16.1 Å². The van der Waals surface area contributed by atoms with Crippen LogP contribution in [-0.2, 0) is 24.3 Å². The van der Waals surface area contributed by atoms with E-state index in [2.05, 4.69) is 10.0 Å². The molecule has 0 spiro atoms. The van der Waals surface area contributed by atoms with Crippen molar-refractivity contribution in [3.05, 3.63) is 18.2 Å². The summed E-state index contributed by atoms with van der Waals surface area (Å²) in [6.45, 7) is 3.29. The number of rotatable bonds is 7. The summed E-state index contributed by atoms with van der Waals surface area (Å²) in [6, 6.07) is 4.36. The van der Waals surface area contributed by atoms with Gasteiger partial charge in [0.2, 0.25) is 10.0 Å². The van der Waals surface area contributed by atoms with Crippen molar-refractivity contribution in [3.8, 4) is 5.75 Å². The topological polar surface area (TPSA) is 103 Å². The van der Waals surface area contributed by atoms with Crippen LogP contribution in [0.25, 0.3) is 0 Å². The highest BCUT2D eigenvalue weighted by Gasteiger charge is 2.25. The van der Waals surface area contributed by atoms with Crippen molar-refractivity contribution in [1.29, 1.82) is 0 Å². The number of hydrogen-bond donors (Lipinski definition) is 2. The lowest BCUT2D eigenvalue weighted by atomic mass is 10.2. The van der Waals surface area contributed by atoms with Crippen LogP contribution in [-0.4, -0.2) is 52.9 Å².